The Morgan fingerprint density at radius 2 is 1.61 bits per heavy atom. The minimum Gasteiger partial charge on any atom is -0.481 e. The van der Waals surface area contributed by atoms with Gasteiger partial charge in [-0.3, -0.25) is 9.59 Å². The van der Waals surface area contributed by atoms with Crippen LogP contribution in [-0.2, 0) is 19.1 Å². The monoisotopic (exact) mass is 332 g/mol. The van der Waals surface area contributed by atoms with E-state index in [1.165, 1.54) is 0 Å². The Morgan fingerprint density at radius 1 is 1.04 bits per heavy atom. The van der Waals surface area contributed by atoms with Gasteiger partial charge in [0.1, 0.15) is 0 Å². The largest absolute Gasteiger partial charge is 0.481 e. The van der Waals surface area contributed by atoms with Gasteiger partial charge in [0.15, 0.2) is 5.60 Å². The van der Waals surface area contributed by atoms with Crippen LogP contribution in [0, 0.1) is 11.8 Å². The SMILES string of the molecule is CCC(C)CCCC(C)COC(=O)CC(O)(CC(=O)O)C(=O)O. The van der Waals surface area contributed by atoms with Gasteiger partial charge in [-0.1, -0.05) is 40.0 Å². The van der Waals surface area contributed by atoms with Gasteiger partial charge >= 0.3 is 17.9 Å². The van der Waals surface area contributed by atoms with Crippen molar-refractivity contribution in [1.29, 1.82) is 0 Å². The molecule has 0 amide bonds. The Bertz CT molecular complexity index is 407. The van der Waals surface area contributed by atoms with E-state index in [1.54, 1.807) is 0 Å². The summed E-state index contributed by atoms with van der Waals surface area (Å²) in [7, 11) is 0. The topological polar surface area (TPSA) is 121 Å². The molecule has 0 fully saturated rings. The molecule has 134 valence electrons. The van der Waals surface area contributed by atoms with Gasteiger partial charge in [-0.15, -0.1) is 0 Å². The number of carbonyl (C=O) groups excluding carboxylic acids is 1. The molecule has 0 bridgehead atoms. The van der Waals surface area contributed by atoms with E-state index in [1.807, 2.05) is 6.92 Å². The van der Waals surface area contributed by atoms with Crippen LogP contribution in [0.4, 0.5) is 0 Å². The minimum absolute atomic E-state index is 0.125. The van der Waals surface area contributed by atoms with E-state index in [4.69, 9.17) is 14.9 Å². The third kappa shape index (κ3) is 9.18. The Kier molecular flexibility index (Phi) is 9.48. The first kappa shape index (κ1) is 21.4. The molecule has 0 rings (SSSR count). The first-order valence-electron chi connectivity index (χ1n) is 7.94. The van der Waals surface area contributed by atoms with Crippen molar-refractivity contribution in [2.75, 3.05) is 6.61 Å². The molecule has 3 unspecified atom stereocenters. The van der Waals surface area contributed by atoms with E-state index in [9.17, 15) is 19.5 Å². The predicted octanol–water partition coefficient (Wildman–Crippen LogP) is 2.06. The highest BCUT2D eigenvalue weighted by Gasteiger charge is 2.41. The molecular weight excluding hydrogens is 304 g/mol. The smallest absolute Gasteiger partial charge is 0.336 e. The lowest BCUT2D eigenvalue weighted by atomic mass is 9.95. The summed E-state index contributed by atoms with van der Waals surface area (Å²) in [6.07, 6.45) is 2.20. The zero-order chi connectivity index (χ0) is 18.0. The van der Waals surface area contributed by atoms with Crippen molar-refractivity contribution in [2.24, 2.45) is 11.8 Å². The molecule has 7 nitrogen and oxygen atoms in total. The number of hydrogen-bond acceptors (Lipinski definition) is 5. The summed E-state index contributed by atoms with van der Waals surface area (Å²) in [4.78, 5) is 33.2. The van der Waals surface area contributed by atoms with Crippen molar-refractivity contribution in [1.82, 2.24) is 0 Å². The summed E-state index contributed by atoms with van der Waals surface area (Å²) in [6, 6.07) is 0. The molecule has 0 aliphatic carbocycles. The molecule has 0 radical (unpaired) electrons. The molecular formula is C16H28O7. The molecule has 3 atom stereocenters. The van der Waals surface area contributed by atoms with E-state index in [0.29, 0.717) is 5.92 Å². The molecule has 0 aromatic rings. The minimum atomic E-state index is -2.64. The molecule has 0 heterocycles. The van der Waals surface area contributed by atoms with Gasteiger partial charge in [-0.05, 0) is 18.3 Å². The molecule has 0 aromatic carbocycles. The summed E-state index contributed by atoms with van der Waals surface area (Å²) in [6.45, 7) is 6.36. The maximum absolute atomic E-state index is 11.6. The third-order valence-electron chi connectivity index (χ3n) is 3.90. The molecule has 3 N–H and O–H groups in total. The van der Waals surface area contributed by atoms with Crippen LogP contribution in [0.3, 0.4) is 0 Å². The number of aliphatic carboxylic acids is 2. The second-order valence-corrected chi connectivity index (χ2v) is 6.32. The number of carboxylic acids is 2. The normalized spacial score (nSPS) is 16.2. The second kappa shape index (κ2) is 10.2. The van der Waals surface area contributed by atoms with E-state index in [-0.39, 0.29) is 12.5 Å². The third-order valence-corrected chi connectivity index (χ3v) is 3.90. The lowest BCUT2D eigenvalue weighted by Gasteiger charge is -2.21. The van der Waals surface area contributed by atoms with Crippen molar-refractivity contribution in [3.05, 3.63) is 0 Å². The fourth-order valence-corrected chi connectivity index (χ4v) is 2.09. The van der Waals surface area contributed by atoms with Crippen molar-refractivity contribution in [3.63, 3.8) is 0 Å². The van der Waals surface area contributed by atoms with Gasteiger partial charge in [0.25, 0.3) is 0 Å². The highest BCUT2D eigenvalue weighted by Crippen LogP contribution is 2.18. The van der Waals surface area contributed by atoms with Gasteiger partial charge in [0.05, 0.1) is 19.4 Å². The first-order chi connectivity index (χ1) is 10.6. The van der Waals surface area contributed by atoms with Crippen LogP contribution >= 0.6 is 0 Å². The lowest BCUT2D eigenvalue weighted by molar-refractivity contribution is -0.172. The van der Waals surface area contributed by atoms with Crippen molar-refractivity contribution >= 4 is 17.9 Å². The van der Waals surface area contributed by atoms with Crippen LogP contribution in [0.15, 0.2) is 0 Å². The quantitative estimate of drug-likeness (QED) is 0.468. The van der Waals surface area contributed by atoms with Crippen molar-refractivity contribution in [3.8, 4) is 0 Å². The number of ether oxygens (including phenoxy) is 1. The maximum Gasteiger partial charge on any atom is 0.336 e. The highest BCUT2D eigenvalue weighted by molar-refractivity contribution is 5.88. The molecule has 0 saturated heterocycles. The Morgan fingerprint density at radius 3 is 2.09 bits per heavy atom. The van der Waals surface area contributed by atoms with Gasteiger partial charge in [0, 0.05) is 0 Å². The molecule has 0 aliphatic heterocycles. The van der Waals surface area contributed by atoms with Crippen LogP contribution in [0.25, 0.3) is 0 Å². The predicted molar refractivity (Wildman–Crippen MR) is 82.9 cm³/mol. The number of hydrogen-bond donors (Lipinski definition) is 3. The standard InChI is InChI=1S/C16H28O7/c1-4-11(2)6-5-7-12(3)10-23-14(19)9-16(22,15(20)21)8-13(17)18/h11-12,22H,4-10H2,1-3H3,(H,17,18)(H,20,21). The zero-order valence-corrected chi connectivity index (χ0v) is 14.1. The van der Waals surface area contributed by atoms with Gasteiger partial charge < -0.3 is 20.1 Å². The molecule has 0 saturated carbocycles. The maximum atomic E-state index is 11.6. The highest BCUT2D eigenvalue weighted by atomic mass is 16.5. The van der Waals surface area contributed by atoms with Gasteiger partial charge in [0.2, 0.25) is 0 Å². The van der Waals surface area contributed by atoms with Crippen molar-refractivity contribution < 1.29 is 34.4 Å². The average molecular weight is 332 g/mol. The molecule has 0 aromatic heterocycles. The fraction of sp³-hybridized carbons (Fsp3) is 0.812. The van der Waals surface area contributed by atoms with Crippen LogP contribution in [0.1, 0.15) is 59.3 Å². The van der Waals surface area contributed by atoms with Crippen LogP contribution < -0.4 is 0 Å². The van der Waals surface area contributed by atoms with E-state index >= 15 is 0 Å². The fourth-order valence-electron chi connectivity index (χ4n) is 2.09. The molecule has 0 spiro atoms. The zero-order valence-electron chi connectivity index (χ0n) is 14.1. The number of carbonyl (C=O) groups is 3. The first-order valence-corrected chi connectivity index (χ1v) is 7.94. The van der Waals surface area contributed by atoms with E-state index in [0.717, 1.165) is 25.7 Å². The number of rotatable bonds is 12. The van der Waals surface area contributed by atoms with E-state index in [2.05, 4.69) is 13.8 Å². The average Bonchev–Trinajstić information content (AvgIpc) is 2.43. The summed E-state index contributed by atoms with van der Waals surface area (Å²) in [5.41, 5.74) is -2.64. The summed E-state index contributed by atoms with van der Waals surface area (Å²) < 4.78 is 4.96. The van der Waals surface area contributed by atoms with Gasteiger partial charge in [-0.2, -0.15) is 0 Å². The van der Waals surface area contributed by atoms with Crippen LogP contribution in [0.5, 0.6) is 0 Å². The van der Waals surface area contributed by atoms with E-state index < -0.39 is 36.4 Å². The second-order valence-electron chi connectivity index (χ2n) is 6.32. The van der Waals surface area contributed by atoms with Crippen LogP contribution in [-0.4, -0.2) is 45.4 Å². The number of aliphatic hydroxyl groups is 1. The summed E-state index contributed by atoms with van der Waals surface area (Å²) >= 11 is 0. The van der Waals surface area contributed by atoms with Gasteiger partial charge in [-0.25, -0.2) is 4.79 Å². The Hall–Kier alpha value is -1.63. The molecule has 0 aliphatic rings. The summed E-state index contributed by atoms with van der Waals surface area (Å²) in [5.74, 6) is -3.38. The number of esters is 1. The summed E-state index contributed by atoms with van der Waals surface area (Å²) in [5, 5.41) is 27.2. The lowest BCUT2D eigenvalue weighted by Crippen LogP contribution is -2.43. The Labute approximate surface area is 136 Å². The molecule has 7 heteroatoms. The van der Waals surface area contributed by atoms with Crippen molar-refractivity contribution in [2.45, 2.75) is 64.9 Å². The van der Waals surface area contributed by atoms with Crippen LogP contribution in [0.2, 0.25) is 0 Å². The Balaban J connectivity index is 4.22. The number of carboxylic acid groups (broad SMARTS) is 2. The molecule has 23 heavy (non-hydrogen) atoms.